The van der Waals surface area contributed by atoms with Gasteiger partial charge in [-0.15, -0.1) is 0 Å². The van der Waals surface area contributed by atoms with Crippen molar-refractivity contribution >= 4 is 17.3 Å². The fourth-order valence-corrected chi connectivity index (χ4v) is 2.60. The lowest BCUT2D eigenvalue weighted by molar-refractivity contribution is -0.384. The molecule has 0 bridgehead atoms. The quantitative estimate of drug-likeness (QED) is 0.497. The predicted octanol–water partition coefficient (Wildman–Crippen LogP) is 1.90. The van der Waals surface area contributed by atoms with Crippen LogP contribution in [0.5, 0.6) is 0 Å². The third-order valence-corrected chi connectivity index (χ3v) is 3.79. The summed E-state index contributed by atoms with van der Waals surface area (Å²) in [6.07, 6.45) is 4.30. The first-order valence-electron chi connectivity index (χ1n) is 6.57. The van der Waals surface area contributed by atoms with Crippen LogP contribution in [0.2, 0.25) is 0 Å². The summed E-state index contributed by atoms with van der Waals surface area (Å²) in [7, 11) is 1.77. The smallest absolute Gasteiger partial charge is 0.293 e. The molecule has 1 aromatic rings. The number of hydrazine groups is 1. The average Bonchev–Trinajstić information content (AvgIpc) is 2.99. The molecule has 1 saturated carbocycles. The molecule has 20 heavy (non-hydrogen) atoms. The molecular weight excluding hydrogens is 260 g/mol. The van der Waals surface area contributed by atoms with Gasteiger partial charge in [0.2, 0.25) is 0 Å². The van der Waals surface area contributed by atoms with Gasteiger partial charge in [0.15, 0.2) is 0 Å². The van der Waals surface area contributed by atoms with Gasteiger partial charge in [0.25, 0.3) is 11.6 Å². The van der Waals surface area contributed by atoms with E-state index in [9.17, 15) is 14.9 Å². The van der Waals surface area contributed by atoms with Crippen LogP contribution in [-0.4, -0.2) is 28.8 Å². The highest BCUT2D eigenvalue weighted by atomic mass is 16.6. The van der Waals surface area contributed by atoms with E-state index in [4.69, 9.17) is 5.84 Å². The molecule has 108 valence electrons. The number of nitro groups is 1. The van der Waals surface area contributed by atoms with E-state index < -0.39 is 4.92 Å². The standard InChI is InChI=1S/C13H18N4O3/c1-16(10-4-2-3-5-10)13(18)9-6-7-12(17(19)20)11(8-9)15-14/h6-8,10,15H,2-5,14H2,1H3. The molecule has 2 rings (SSSR count). The molecule has 0 heterocycles. The average molecular weight is 278 g/mol. The molecule has 7 nitrogen and oxygen atoms in total. The van der Waals surface area contributed by atoms with Gasteiger partial charge >= 0.3 is 0 Å². The molecule has 0 aliphatic heterocycles. The Morgan fingerprint density at radius 2 is 2.10 bits per heavy atom. The molecule has 3 N–H and O–H groups in total. The predicted molar refractivity (Wildman–Crippen MR) is 75.3 cm³/mol. The van der Waals surface area contributed by atoms with Crippen LogP contribution in [0, 0.1) is 10.1 Å². The van der Waals surface area contributed by atoms with Crippen molar-refractivity contribution in [2.75, 3.05) is 12.5 Å². The van der Waals surface area contributed by atoms with E-state index in [-0.39, 0.29) is 23.3 Å². The summed E-state index contributed by atoms with van der Waals surface area (Å²) in [5.41, 5.74) is 2.66. The van der Waals surface area contributed by atoms with E-state index in [2.05, 4.69) is 5.43 Å². The third-order valence-electron chi connectivity index (χ3n) is 3.79. The van der Waals surface area contributed by atoms with Crippen molar-refractivity contribution in [3.63, 3.8) is 0 Å². The number of carbonyl (C=O) groups is 1. The Labute approximate surface area is 116 Å². The number of amides is 1. The summed E-state index contributed by atoms with van der Waals surface area (Å²) < 4.78 is 0. The summed E-state index contributed by atoms with van der Waals surface area (Å²) in [5.74, 6) is 5.14. The largest absolute Gasteiger partial charge is 0.339 e. The summed E-state index contributed by atoms with van der Waals surface area (Å²) in [5, 5.41) is 10.8. The zero-order valence-electron chi connectivity index (χ0n) is 11.3. The van der Waals surface area contributed by atoms with Crippen molar-refractivity contribution in [1.82, 2.24) is 4.90 Å². The molecule has 0 unspecified atom stereocenters. The van der Waals surface area contributed by atoms with Crippen molar-refractivity contribution < 1.29 is 9.72 Å². The maximum Gasteiger partial charge on any atom is 0.293 e. The lowest BCUT2D eigenvalue weighted by Crippen LogP contribution is -2.35. The zero-order valence-corrected chi connectivity index (χ0v) is 11.3. The number of benzene rings is 1. The number of nitrogens with two attached hydrogens (primary N) is 1. The number of rotatable bonds is 4. The molecule has 1 fully saturated rings. The molecule has 0 atom stereocenters. The van der Waals surface area contributed by atoms with Crippen molar-refractivity contribution in [2.24, 2.45) is 5.84 Å². The minimum absolute atomic E-state index is 0.136. The van der Waals surface area contributed by atoms with E-state index in [1.807, 2.05) is 0 Å². The van der Waals surface area contributed by atoms with Gasteiger partial charge in [0.1, 0.15) is 5.69 Å². The van der Waals surface area contributed by atoms with E-state index in [1.165, 1.54) is 18.2 Å². The van der Waals surface area contributed by atoms with E-state index in [0.29, 0.717) is 5.56 Å². The number of nitrogens with zero attached hydrogens (tertiary/aromatic N) is 2. The maximum absolute atomic E-state index is 12.4. The highest BCUT2D eigenvalue weighted by Crippen LogP contribution is 2.27. The molecule has 1 aliphatic carbocycles. The van der Waals surface area contributed by atoms with Crippen LogP contribution in [-0.2, 0) is 0 Å². The Bertz CT molecular complexity index is 526. The monoisotopic (exact) mass is 278 g/mol. The third kappa shape index (κ3) is 2.72. The molecule has 0 spiro atoms. The Hall–Kier alpha value is -2.15. The zero-order chi connectivity index (χ0) is 14.7. The normalized spacial score (nSPS) is 15.1. The first kappa shape index (κ1) is 14.3. The summed E-state index contributed by atoms with van der Waals surface area (Å²) in [6.45, 7) is 0. The molecule has 0 aromatic heterocycles. The second-order valence-corrected chi connectivity index (χ2v) is 4.99. The van der Waals surface area contributed by atoms with Crippen LogP contribution in [0.4, 0.5) is 11.4 Å². The Balaban J connectivity index is 2.23. The number of nitrogen functional groups attached to an aromatic ring is 1. The van der Waals surface area contributed by atoms with Crippen LogP contribution in [0.25, 0.3) is 0 Å². The van der Waals surface area contributed by atoms with Gasteiger partial charge in [-0.1, -0.05) is 12.8 Å². The molecule has 1 aromatic carbocycles. The van der Waals surface area contributed by atoms with E-state index in [1.54, 1.807) is 11.9 Å². The Morgan fingerprint density at radius 1 is 1.45 bits per heavy atom. The molecule has 1 amide bonds. The molecule has 7 heteroatoms. The van der Waals surface area contributed by atoms with Crippen molar-refractivity contribution in [3.8, 4) is 0 Å². The molecule has 0 radical (unpaired) electrons. The van der Waals surface area contributed by atoms with Gasteiger partial charge in [-0.3, -0.25) is 20.8 Å². The lowest BCUT2D eigenvalue weighted by atomic mass is 10.1. The SMILES string of the molecule is CN(C(=O)c1ccc([N+](=O)[O-])c(NN)c1)C1CCCC1. The van der Waals surface area contributed by atoms with E-state index >= 15 is 0 Å². The number of hydrogen-bond acceptors (Lipinski definition) is 5. The minimum Gasteiger partial charge on any atom is -0.339 e. The van der Waals surface area contributed by atoms with Crippen LogP contribution in [0.3, 0.4) is 0 Å². The van der Waals surface area contributed by atoms with Gasteiger partial charge in [-0.25, -0.2) is 0 Å². The summed E-state index contributed by atoms with van der Waals surface area (Å²) in [6, 6.07) is 4.44. The van der Waals surface area contributed by atoms with Crippen molar-refractivity contribution in [2.45, 2.75) is 31.7 Å². The van der Waals surface area contributed by atoms with Crippen molar-refractivity contribution in [3.05, 3.63) is 33.9 Å². The Kier molecular flexibility index (Phi) is 4.19. The summed E-state index contributed by atoms with van der Waals surface area (Å²) in [4.78, 5) is 24.4. The number of carbonyl (C=O) groups excluding carboxylic acids is 1. The number of anilines is 1. The second kappa shape index (κ2) is 5.87. The number of hydrogen-bond donors (Lipinski definition) is 2. The van der Waals surface area contributed by atoms with Gasteiger partial charge in [-0.2, -0.15) is 0 Å². The molecular formula is C13H18N4O3. The Morgan fingerprint density at radius 3 is 2.65 bits per heavy atom. The minimum atomic E-state index is -0.538. The van der Waals surface area contributed by atoms with Crippen LogP contribution >= 0.6 is 0 Å². The fourth-order valence-electron chi connectivity index (χ4n) is 2.60. The molecule has 0 saturated heterocycles. The summed E-state index contributed by atoms with van der Waals surface area (Å²) >= 11 is 0. The number of nitrogens with one attached hydrogen (secondary N) is 1. The number of nitro benzene ring substituents is 1. The molecule has 1 aliphatic rings. The van der Waals surface area contributed by atoms with E-state index in [0.717, 1.165) is 25.7 Å². The van der Waals surface area contributed by atoms with Gasteiger partial charge in [0, 0.05) is 24.7 Å². The van der Waals surface area contributed by atoms with Crippen molar-refractivity contribution in [1.29, 1.82) is 0 Å². The van der Waals surface area contributed by atoms with Gasteiger partial charge in [-0.05, 0) is 25.0 Å². The van der Waals surface area contributed by atoms with Crippen LogP contribution in [0.15, 0.2) is 18.2 Å². The first-order valence-corrected chi connectivity index (χ1v) is 6.57. The highest BCUT2D eigenvalue weighted by molar-refractivity contribution is 5.96. The van der Waals surface area contributed by atoms with Crippen LogP contribution < -0.4 is 11.3 Å². The van der Waals surface area contributed by atoms with Crippen LogP contribution in [0.1, 0.15) is 36.0 Å². The highest BCUT2D eigenvalue weighted by Gasteiger charge is 2.25. The van der Waals surface area contributed by atoms with Gasteiger partial charge in [0.05, 0.1) is 4.92 Å². The second-order valence-electron chi connectivity index (χ2n) is 4.99. The first-order chi connectivity index (χ1) is 9.54. The fraction of sp³-hybridized carbons (Fsp3) is 0.462. The maximum atomic E-state index is 12.4. The topological polar surface area (TPSA) is 102 Å². The lowest BCUT2D eigenvalue weighted by Gasteiger charge is -2.24. The van der Waals surface area contributed by atoms with Gasteiger partial charge < -0.3 is 10.3 Å².